The predicted molar refractivity (Wildman–Crippen MR) is 59.1 cm³/mol. The average molecular weight is 238 g/mol. The molecule has 0 aliphatic carbocycles. The van der Waals surface area contributed by atoms with E-state index in [4.69, 9.17) is 9.47 Å². The van der Waals surface area contributed by atoms with Gasteiger partial charge in [0.25, 0.3) is 12.8 Å². The van der Waals surface area contributed by atoms with Crippen molar-refractivity contribution in [1.82, 2.24) is 0 Å². The van der Waals surface area contributed by atoms with Crippen molar-refractivity contribution in [2.75, 3.05) is 6.61 Å². The molecule has 1 aromatic rings. The maximum atomic E-state index is 11.2. The first kappa shape index (κ1) is 13.0. The zero-order chi connectivity index (χ0) is 12.5. The topological polar surface area (TPSA) is 61.8 Å². The van der Waals surface area contributed by atoms with Crippen LogP contribution in [0.15, 0.2) is 30.3 Å². The maximum Gasteiger partial charge on any atom is 0.511 e. The second-order valence-electron chi connectivity index (χ2n) is 3.19. The molecule has 0 aliphatic rings. The normalized spacial score (nSPS) is 11.4. The Morgan fingerprint density at radius 1 is 1.35 bits per heavy atom. The van der Waals surface area contributed by atoms with E-state index in [9.17, 15) is 9.59 Å². The Morgan fingerprint density at radius 3 is 2.65 bits per heavy atom. The second kappa shape index (κ2) is 7.27. The molecule has 1 unspecified atom stereocenters. The monoisotopic (exact) mass is 238 g/mol. The van der Waals surface area contributed by atoms with Crippen LogP contribution in [0.1, 0.15) is 25.2 Å². The van der Waals surface area contributed by atoms with Gasteiger partial charge in [0.2, 0.25) is 0 Å². The Labute approximate surface area is 99.3 Å². The smallest absolute Gasteiger partial charge is 0.434 e. The van der Waals surface area contributed by atoms with Gasteiger partial charge < -0.3 is 14.2 Å². The fraction of sp³-hybridized carbons (Fsp3) is 0.333. The van der Waals surface area contributed by atoms with Crippen LogP contribution in [0.5, 0.6) is 0 Å². The molecule has 0 saturated carbocycles. The quantitative estimate of drug-likeness (QED) is 0.432. The van der Waals surface area contributed by atoms with Crippen LogP contribution in [0.4, 0.5) is 4.79 Å². The lowest BCUT2D eigenvalue weighted by Crippen LogP contribution is -2.15. The van der Waals surface area contributed by atoms with Crippen LogP contribution in [0.3, 0.4) is 0 Å². The molecule has 92 valence electrons. The van der Waals surface area contributed by atoms with Gasteiger partial charge in [0.1, 0.15) is 0 Å². The third-order valence-electron chi connectivity index (χ3n) is 1.88. The van der Waals surface area contributed by atoms with Gasteiger partial charge in [-0.25, -0.2) is 4.79 Å². The van der Waals surface area contributed by atoms with Crippen molar-refractivity contribution in [3.63, 3.8) is 0 Å². The molecule has 0 amide bonds. The van der Waals surface area contributed by atoms with Crippen LogP contribution in [0.2, 0.25) is 0 Å². The lowest BCUT2D eigenvalue weighted by Gasteiger charge is -2.15. The standard InChI is InChI=1S/C12H14O5/c1-2-8-15-12(14)17-11(16-9-13)10-6-4-3-5-7-10/h3-7,9,11H,2,8H2,1H3. The van der Waals surface area contributed by atoms with Gasteiger partial charge in [-0.1, -0.05) is 37.3 Å². The highest BCUT2D eigenvalue weighted by Crippen LogP contribution is 2.18. The molecular formula is C12H14O5. The molecule has 0 saturated heterocycles. The molecule has 1 atom stereocenters. The van der Waals surface area contributed by atoms with Gasteiger partial charge in [-0.15, -0.1) is 0 Å². The molecule has 17 heavy (non-hydrogen) atoms. The molecule has 1 rings (SSSR count). The summed E-state index contributed by atoms with van der Waals surface area (Å²) in [4.78, 5) is 21.5. The predicted octanol–water partition coefficient (Wildman–Crippen LogP) is 2.42. The first-order valence-corrected chi connectivity index (χ1v) is 5.25. The molecule has 0 heterocycles. The van der Waals surface area contributed by atoms with Crippen molar-refractivity contribution < 1.29 is 23.8 Å². The van der Waals surface area contributed by atoms with E-state index in [1.807, 2.05) is 6.92 Å². The Kier molecular flexibility index (Phi) is 5.57. The van der Waals surface area contributed by atoms with Crippen molar-refractivity contribution in [2.24, 2.45) is 0 Å². The zero-order valence-corrected chi connectivity index (χ0v) is 9.50. The Morgan fingerprint density at radius 2 is 2.06 bits per heavy atom. The Balaban J connectivity index is 2.60. The molecule has 5 nitrogen and oxygen atoms in total. The number of hydrogen-bond donors (Lipinski definition) is 0. The van der Waals surface area contributed by atoms with E-state index < -0.39 is 12.4 Å². The van der Waals surface area contributed by atoms with E-state index in [0.717, 1.165) is 0 Å². The molecule has 5 heteroatoms. The minimum atomic E-state index is -1.07. The lowest BCUT2D eigenvalue weighted by atomic mass is 10.2. The van der Waals surface area contributed by atoms with Crippen LogP contribution >= 0.6 is 0 Å². The number of carbonyl (C=O) groups excluding carboxylic acids is 2. The molecule has 0 fully saturated rings. The van der Waals surface area contributed by atoms with E-state index in [-0.39, 0.29) is 13.1 Å². The highest BCUT2D eigenvalue weighted by molar-refractivity contribution is 5.60. The number of hydrogen-bond acceptors (Lipinski definition) is 5. The summed E-state index contributed by atoms with van der Waals surface area (Å²) in [5.74, 6) is 0. The van der Waals surface area contributed by atoms with E-state index in [1.54, 1.807) is 30.3 Å². The van der Waals surface area contributed by atoms with Gasteiger partial charge in [0, 0.05) is 5.56 Å². The Bertz CT molecular complexity index is 349. The summed E-state index contributed by atoms with van der Waals surface area (Å²) in [5.41, 5.74) is 0.563. The zero-order valence-electron chi connectivity index (χ0n) is 9.50. The van der Waals surface area contributed by atoms with Crippen LogP contribution in [-0.4, -0.2) is 19.2 Å². The largest absolute Gasteiger partial charge is 0.511 e. The molecule has 0 aliphatic heterocycles. The average Bonchev–Trinajstić information content (AvgIpc) is 2.37. The first-order valence-electron chi connectivity index (χ1n) is 5.25. The van der Waals surface area contributed by atoms with Crippen LogP contribution < -0.4 is 0 Å². The van der Waals surface area contributed by atoms with E-state index in [2.05, 4.69) is 4.74 Å². The van der Waals surface area contributed by atoms with E-state index in [0.29, 0.717) is 12.0 Å². The molecule has 0 spiro atoms. The summed E-state index contributed by atoms with van der Waals surface area (Å²) in [7, 11) is 0. The van der Waals surface area contributed by atoms with Crippen molar-refractivity contribution in [1.29, 1.82) is 0 Å². The molecule has 0 aromatic heterocycles. The van der Waals surface area contributed by atoms with Gasteiger partial charge in [-0.05, 0) is 6.42 Å². The number of carbonyl (C=O) groups is 2. The van der Waals surface area contributed by atoms with Gasteiger partial charge in [-0.2, -0.15) is 0 Å². The van der Waals surface area contributed by atoms with Crippen LogP contribution in [-0.2, 0) is 19.0 Å². The first-order chi connectivity index (χ1) is 8.27. The van der Waals surface area contributed by atoms with Gasteiger partial charge in [0.05, 0.1) is 6.61 Å². The van der Waals surface area contributed by atoms with Crippen molar-refractivity contribution >= 4 is 12.6 Å². The molecule has 1 aromatic carbocycles. The summed E-state index contributed by atoms with van der Waals surface area (Å²) >= 11 is 0. The van der Waals surface area contributed by atoms with Gasteiger partial charge in [0.15, 0.2) is 0 Å². The fourth-order valence-electron chi connectivity index (χ4n) is 1.14. The van der Waals surface area contributed by atoms with Crippen molar-refractivity contribution in [3.8, 4) is 0 Å². The third-order valence-corrected chi connectivity index (χ3v) is 1.88. The number of benzene rings is 1. The highest BCUT2D eigenvalue weighted by atomic mass is 16.8. The lowest BCUT2D eigenvalue weighted by molar-refractivity contribution is -0.157. The summed E-state index contributed by atoms with van der Waals surface area (Å²) in [5, 5.41) is 0. The number of ether oxygens (including phenoxy) is 3. The number of rotatable bonds is 6. The Hall–Kier alpha value is -2.04. The highest BCUT2D eigenvalue weighted by Gasteiger charge is 2.18. The SMILES string of the molecule is CCCOC(=O)OC(OC=O)c1ccccc1. The molecular weight excluding hydrogens is 224 g/mol. The fourth-order valence-corrected chi connectivity index (χ4v) is 1.14. The van der Waals surface area contributed by atoms with E-state index in [1.165, 1.54) is 0 Å². The van der Waals surface area contributed by atoms with Crippen LogP contribution in [0.25, 0.3) is 0 Å². The van der Waals surface area contributed by atoms with Crippen molar-refractivity contribution in [2.45, 2.75) is 19.6 Å². The minimum Gasteiger partial charge on any atom is -0.434 e. The summed E-state index contributed by atoms with van der Waals surface area (Å²) in [6.07, 6.45) is -1.24. The minimum absolute atomic E-state index is 0.227. The second-order valence-corrected chi connectivity index (χ2v) is 3.19. The van der Waals surface area contributed by atoms with Gasteiger partial charge >= 0.3 is 6.16 Å². The molecule has 0 radical (unpaired) electrons. The molecule has 0 bridgehead atoms. The summed E-state index contributed by atoms with van der Waals surface area (Å²) in [6.45, 7) is 2.36. The van der Waals surface area contributed by atoms with Crippen molar-refractivity contribution in [3.05, 3.63) is 35.9 Å². The van der Waals surface area contributed by atoms with Gasteiger partial charge in [-0.3, -0.25) is 4.79 Å². The maximum absolute atomic E-state index is 11.2. The van der Waals surface area contributed by atoms with E-state index >= 15 is 0 Å². The summed E-state index contributed by atoms with van der Waals surface area (Å²) < 4.78 is 14.3. The van der Waals surface area contributed by atoms with Crippen LogP contribution in [0, 0.1) is 0 Å². The summed E-state index contributed by atoms with van der Waals surface area (Å²) in [6, 6.07) is 8.66. The molecule has 0 N–H and O–H groups in total. The third kappa shape index (κ3) is 4.55.